The van der Waals surface area contributed by atoms with Crippen molar-refractivity contribution in [2.75, 3.05) is 19.7 Å². The van der Waals surface area contributed by atoms with E-state index in [2.05, 4.69) is 10.3 Å². The van der Waals surface area contributed by atoms with Gasteiger partial charge in [0.2, 0.25) is 5.91 Å². The minimum Gasteiger partial charge on any atom is -0.481 e. The largest absolute Gasteiger partial charge is 0.481 e. The number of carbonyl (C=O) groups excluding carboxylic acids is 1. The molecule has 1 unspecified atom stereocenters. The third-order valence-corrected chi connectivity index (χ3v) is 3.07. The molecule has 110 valence electrons. The first-order valence-corrected chi connectivity index (χ1v) is 6.55. The van der Waals surface area contributed by atoms with Crippen molar-refractivity contribution in [1.29, 1.82) is 0 Å². The van der Waals surface area contributed by atoms with Gasteiger partial charge >= 0.3 is 5.97 Å². The van der Waals surface area contributed by atoms with Gasteiger partial charge < -0.3 is 14.7 Å². The van der Waals surface area contributed by atoms with Crippen molar-refractivity contribution in [3.63, 3.8) is 0 Å². The van der Waals surface area contributed by atoms with Crippen molar-refractivity contribution < 1.29 is 19.4 Å². The second kappa shape index (κ2) is 6.47. The Bertz CT molecular complexity index is 488. The second-order valence-corrected chi connectivity index (χ2v) is 4.82. The summed E-state index contributed by atoms with van der Waals surface area (Å²) in [7, 11) is 0. The van der Waals surface area contributed by atoms with E-state index < -0.39 is 5.97 Å². The molecule has 2 rings (SSSR count). The lowest BCUT2D eigenvalue weighted by Gasteiger charge is -2.31. The van der Waals surface area contributed by atoms with Crippen molar-refractivity contribution in [3.8, 4) is 0 Å². The maximum Gasteiger partial charge on any atom is 0.303 e. The highest BCUT2D eigenvalue weighted by Gasteiger charge is 2.21. The molecule has 2 heterocycles. The molecule has 8 heteroatoms. The molecule has 0 aliphatic carbocycles. The number of morpholine rings is 1. The number of hydrogen-bond acceptors (Lipinski definition) is 5. The van der Waals surface area contributed by atoms with Crippen LogP contribution < -0.4 is 0 Å². The number of rotatable bonds is 5. The molecule has 8 nitrogen and oxygen atoms in total. The van der Waals surface area contributed by atoms with Crippen LogP contribution in [0.25, 0.3) is 0 Å². The second-order valence-electron chi connectivity index (χ2n) is 4.82. The van der Waals surface area contributed by atoms with Gasteiger partial charge in [0.15, 0.2) is 0 Å². The van der Waals surface area contributed by atoms with Crippen LogP contribution in [-0.4, -0.2) is 62.7 Å². The van der Waals surface area contributed by atoms with Crippen LogP contribution in [0.5, 0.6) is 0 Å². The van der Waals surface area contributed by atoms with Gasteiger partial charge in [-0.2, -0.15) is 0 Å². The van der Waals surface area contributed by atoms with E-state index in [4.69, 9.17) is 9.84 Å². The van der Waals surface area contributed by atoms with E-state index in [1.165, 1.54) is 4.68 Å². The SMILES string of the molecule is CC1CN(C(=O)Cn2cc(CCC(=O)O)nn2)CCO1. The smallest absolute Gasteiger partial charge is 0.303 e. The minimum absolute atomic E-state index is 0.00756. The molecule has 1 aromatic rings. The maximum absolute atomic E-state index is 12.1. The van der Waals surface area contributed by atoms with Gasteiger partial charge in [0.1, 0.15) is 6.54 Å². The third-order valence-electron chi connectivity index (χ3n) is 3.07. The quantitative estimate of drug-likeness (QED) is 0.785. The lowest BCUT2D eigenvalue weighted by atomic mass is 10.2. The predicted molar refractivity (Wildman–Crippen MR) is 68.0 cm³/mol. The zero-order chi connectivity index (χ0) is 14.5. The molecule has 0 aromatic carbocycles. The molecule has 1 aliphatic rings. The lowest BCUT2D eigenvalue weighted by molar-refractivity contribution is -0.139. The molecule has 20 heavy (non-hydrogen) atoms. The van der Waals surface area contributed by atoms with E-state index in [1.807, 2.05) is 6.92 Å². The number of nitrogens with zero attached hydrogens (tertiary/aromatic N) is 4. The summed E-state index contributed by atoms with van der Waals surface area (Å²) in [4.78, 5) is 24.3. The summed E-state index contributed by atoms with van der Waals surface area (Å²) in [6.45, 7) is 3.77. The summed E-state index contributed by atoms with van der Waals surface area (Å²) in [5, 5.41) is 16.3. The fraction of sp³-hybridized carbons (Fsp3) is 0.667. The zero-order valence-corrected chi connectivity index (χ0v) is 11.4. The third kappa shape index (κ3) is 4.02. The number of aromatic nitrogens is 3. The van der Waals surface area contributed by atoms with Crippen LogP contribution in [0.3, 0.4) is 0 Å². The fourth-order valence-electron chi connectivity index (χ4n) is 2.05. The Labute approximate surface area is 116 Å². The number of amides is 1. The van der Waals surface area contributed by atoms with Crippen LogP contribution in [0.15, 0.2) is 6.20 Å². The van der Waals surface area contributed by atoms with Gasteiger partial charge in [-0.1, -0.05) is 5.21 Å². The summed E-state index contributed by atoms with van der Waals surface area (Å²) >= 11 is 0. The van der Waals surface area contributed by atoms with Gasteiger partial charge in [-0.05, 0) is 6.92 Å². The Balaban J connectivity index is 1.86. The maximum atomic E-state index is 12.1. The number of aryl methyl sites for hydroxylation is 1. The van der Waals surface area contributed by atoms with Gasteiger partial charge in [-0.3, -0.25) is 9.59 Å². The molecule has 1 atom stereocenters. The Hall–Kier alpha value is -1.96. The van der Waals surface area contributed by atoms with Gasteiger partial charge in [-0.15, -0.1) is 5.10 Å². The molecule has 1 fully saturated rings. The number of carbonyl (C=O) groups is 2. The zero-order valence-electron chi connectivity index (χ0n) is 11.4. The number of hydrogen-bond donors (Lipinski definition) is 1. The average Bonchev–Trinajstić information content (AvgIpc) is 2.84. The van der Waals surface area contributed by atoms with Gasteiger partial charge in [-0.25, -0.2) is 4.68 Å². The summed E-state index contributed by atoms with van der Waals surface area (Å²) in [6, 6.07) is 0. The van der Waals surface area contributed by atoms with Crippen molar-refractivity contribution >= 4 is 11.9 Å². The van der Waals surface area contributed by atoms with Crippen molar-refractivity contribution in [2.24, 2.45) is 0 Å². The van der Waals surface area contributed by atoms with Crippen LogP contribution in [0.1, 0.15) is 19.0 Å². The highest BCUT2D eigenvalue weighted by molar-refractivity contribution is 5.76. The molecule has 0 saturated carbocycles. The summed E-state index contributed by atoms with van der Waals surface area (Å²) in [6.07, 6.45) is 1.99. The molecule has 1 aliphatic heterocycles. The molecule has 1 amide bonds. The van der Waals surface area contributed by atoms with E-state index in [9.17, 15) is 9.59 Å². The molecular formula is C12H18N4O4. The number of carboxylic acids is 1. The summed E-state index contributed by atoms with van der Waals surface area (Å²) in [5.74, 6) is -0.909. The monoisotopic (exact) mass is 282 g/mol. The van der Waals surface area contributed by atoms with Crippen LogP contribution in [-0.2, 0) is 27.3 Å². The summed E-state index contributed by atoms with van der Waals surface area (Å²) in [5.41, 5.74) is 0.579. The van der Waals surface area contributed by atoms with E-state index in [-0.39, 0.29) is 25.0 Å². The van der Waals surface area contributed by atoms with E-state index in [1.54, 1.807) is 11.1 Å². The molecule has 0 bridgehead atoms. The van der Waals surface area contributed by atoms with Gasteiger partial charge in [0.05, 0.1) is 24.8 Å². The number of aliphatic carboxylic acids is 1. The van der Waals surface area contributed by atoms with Crippen LogP contribution in [0.4, 0.5) is 0 Å². The van der Waals surface area contributed by atoms with Gasteiger partial charge in [0.25, 0.3) is 0 Å². The lowest BCUT2D eigenvalue weighted by Crippen LogP contribution is -2.45. The van der Waals surface area contributed by atoms with Gasteiger partial charge in [0, 0.05) is 25.7 Å². The highest BCUT2D eigenvalue weighted by atomic mass is 16.5. The Morgan fingerprint density at radius 3 is 3.05 bits per heavy atom. The van der Waals surface area contributed by atoms with Crippen LogP contribution >= 0.6 is 0 Å². The molecule has 1 N–H and O–H groups in total. The number of carboxylic acid groups (broad SMARTS) is 1. The first-order valence-electron chi connectivity index (χ1n) is 6.55. The van der Waals surface area contributed by atoms with Crippen molar-refractivity contribution in [2.45, 2.75) is 32.4 Å². The molecule has 1 saturated heterocycles. The van der Waals surface area contributed by atoms with E-state index in [0.29, 0.717) is 31.8 Å². The first kappa shape index (κ1) is 14.4. The topological polar surface area (TPSA) is 97.6 Å². The molecule has 1 aromatic heterocycles. The molecular weight excluding hydrogens is 264 g/mol. The Kier molecular flexibility index (Phi) is 4.67. The Morgan fingerprint density at radius 1 is 1.55 bits per heavy atom. The Morgan fingerprint density at radius 2 is 2.35 bits per heavy atom. The first-order chi connectivity index (χ1) is 9.54. The summed E-state index contributed by atoms with van der Waals surface area (Å²) < 4.78 is 6.83. The highest BCUT2D eigenvalue weighted by Crippen LogP contribution is 2.06. The van der Waals surface area contributed by atoms with E-state index in [0.717, 1.165) is 0 Å². The fourth-order valence-corrected chi connectivity index (χ4v) is 2.05. The minimum atomic E-state index is -0.877. The van der Waals surface area contributed by atoms with Crippen LogP contribution in [0.2, 0.25) is 0 Å². The standard InChI is InChI=1S/C12H18N4O4/c1-9-6-15(4-5-20-9)11(17)8-16-7-10(13-14-16)2-3-12(18)19/h7,9H,2-6,8H2,1H3,(H,18,19). The van der Waals surface area contributed by atoms with Crippen molar-refractivity contribution in [3.05, 3.63) is 11.9 Å². The van der Waals surface area contributed by atoms with E-state index >= 15 is 0 Å². The normalized spacial score (nSPS) is 19.1. The number of ether oxygens (including phenoxy) is 1. The molecule has 0 spiro atoms. The van der Waals surface area contributed by atoms with Crippen molar-refractivity contribution in [1.82, 2.24) is 19.9 Å². The van der Waals surface area contributed by atoms with Crippen LogP contribution in [0, 0.1) is 0 Å². The average molecular weight is 282 g/mol. The molecule has 0 radical (unpaired) electrons. The predicted octanol–water partition coefficient (Wildman–Crippen LogP) is -0.457.